The molecule has 70 valence electrons. The molecule has 5 heteroatoms. The lowest BCUT2D eigenvalue weighted by Gasteiger charge is -2.01. The molecular formula is C8H9NO3S. The summed E-state index contributed by atoms with van der Waals surface area (Å²) in [5, 5.41) is 18.1. The van der Waals surface area contributed by atoms with Crippen molar-refractivity contribution in [1.82, 2.24) is 0 Å². The predicted molar refractivity (Wildman–Crippen MR) is 49.7 cm³/mol. The molecule has 0 spiro atoms. The molecule has 0 bridgehead atoms. The average Bonchev–Trinajstić information content (AvgIpc) is 2.07. The number of thioether (sulfide) groups is 1. The van der Waals surface area contributed by atoms with Gasteiger partial charge in [0.1, 0.15) is 0 Å². The fourth-order valence-corrected chi connectivity index (χ4v) is 1.42. The lowest BCUT2D eigenvalue weighted by atomic mass is 10.3. The van der Waals surface area contributed by atoms with Crippen LogP contribution in [0.4, 0.5) is 0 Å². The van der Waals surface area contributed by atoms with Gasteiger partial charge in [0.2, 0.25) is 5.91 Å². The predicted octanol–water partition coefficient (Wildman–Crippen LogP) is 0.675. The number of hydrogen-bond donors (Lipinski definition) is 3. The summed E-state index contributed by atoms with van der Waals surface area (Å²) in [6, 6.07) is 4.34. The topological polar surface area (TPSA) is 83.6 Å². The molecule has 0 radical (unpaired) electrons. The number of hydrogen-bond acceptors (Lipinski definition) is 4. The second kappa shape index (κ2) is 4.04. The number of amides is 1. The molecule has 13 heavy (non-hydrogen) atoms. The number of carbonyl (C=O) groups excluding carboxylic acids is 1. The van der Waals surface area contributed by atoms with E-state index in [0.29, 0.717) is 4.90 Å². The molecule has 0 aliphatic rings. The van der Waals surface area contributed by atoms with Crippen molar-refractivity contribution in [2.75, 3.05) is 5.75 Å². The molecule has 4 N–H and O–H groups in total. The summed E-state index contributed by atoms with van der Waals surface area (Å²) >= 11 is 1.21. The summed E-state index contributed by atoms with van der Waals surface area (Å²) < 4.78 is 0. The maximum absolute atomic E-state index is 10.4. The lowest BCUT2D eigenvalue weighted by molar-refractivity contribution is -0.115. The Morgan fingerprint density at radius 2 is 2.08 bits per heavy atom. The largest absolute Gasteiger partial charge is 0.504 e. The van der Waals surface area contributed by atoms with Gasteiger partial charge >= 0.3 is 0 Å². The number of nitrogens with two attached hydrogens (primary N) is 1. The first-order valence-electron chi connectivity index (χ1n) is 3.52. The van der Waals surface area contributed by atoms with Gasteiger partial charge in [0.05, 0.1) is 5.75 Å². The molecule has 1 rings (SSSR count). The maximum Gasteiger partial charge on any atom is 0.227 e. The van der Waals surface area contributed by atoms with Gasteiger partial charge in [-0.1, -0.05) is 0 Å². The Balaban J connectivity index is 2.68. The Kier molecular flexibility index (Phi) is 3.02. The minimum Gasteiger partial charge on any atom is -0.504 e. The molecule has 0 fully saturated rings. The minimum atomic E-state index is -0.419. The van der Waals surface area contributed by atoms with E-state index in [1.807, 2.05) is 0 Å². The van der Waals surface area contributed by atoms with Crippen molar-refractivity contribution in [2.45, 2.75) is 4.90 Å². The number of phenols is 2. The molecule has 0 aromatic heterocycles. The number of aromatic hydroxyl groups is 2. The molecule has 0 aliphatic carbocycles. The van der Waals surface area contributed by atoms with Gasteiger partial charge < -0.3 is 15.9 Å². The standard InChI is InChI=1S/C8H9NO3S/c9-8(12)4-13-5-1-2-6(10)7(11)3-5/h1-3,10-11H,4H2,(H2,9,12). The van der Waals surface area contributed by atoms with Crippen LogP contribution in [0.5, 0.6) is 11.5 Å². The van der Waals surface area contributed by atoms with Gasteiger partial charge in [0, 0.05) is 4.90 Å². The van der Waals surface area contributed by atoms with E-state index < -0.39 is 5.91 Å². The Bertz CT molecular complexity index is 327. The molecule has 0 aliphatic heterocycles. The van der Waals surface area contributed by atoms with Gasteiger partial charge in [-0.25, -0.2) is 0 Å². The van der Waals surface area contributed by atoms with Gasteiger partial charge in [-0.15, -0.1) is 11.8 Å². The van der Waals surface area contributed by atoms with E-state index in [0.717, 1.165) is 0 Å². The molecule has 1 aromatic carbocycles. The van der Waals surface area contributed by atoms with Gasteiger partial charge in [-0.3, -0.25) is 4.79 Å². The van der Waals surface area contributed by atoms with Crippen molar-refractivity contribution in [3.63, 3.8) is 0 Å². The first-order chi connectivity index (χ1) is 6.09. The summed E-state index contributed by atoms with van der Waals surface area (Å²) in [6.07, 6.45) is 0. The highest BCUT2D eigenvalue weighted by Gasteiger charge is 2.02. The second-order valence-corrected chi connectivity index (χ2v) is 3.45. The van der Waals surface area contributed by atoms with Crippen LogP contribution in [0.3, 0.4) is 0 Å². The molecule has 1 amide bonds. The zero-order valence-electron chi connectivity index (χ0n) is 6.73. The fraction of sp³-hybridized carbons (Fsp3) is 0.125. The zero-order valence-corrected chi connectivity index (χ0v) is 7.54. The SMILES string of the molecule is NC(=O)CSc1ccc(O)c(O)c1. The van der Waals surface area contributed by atoms with E-state index in [9.17, 15) is 4.79 Å². The van der Waals surface area contributed by atoms with Crippen molar-refractivity contribution >= 4 is 17.7 Å². The minimum absolute atomic E-state index is 0.157. The van der Waals surface area contributed by atoms with Crippen molar-refractivity contribution in [2.24, 2.45) is 5.73 Å². The first-order valence-corrected chi connectivity index (χ1v) is 4.51. The van der Waals surface area contributed by atoms with Crippen molar-refractivity contribution in [1.29, 1.82) is 0 Å². The zero-order chi connectivity index (χ0) is 9.84. The summed E-state index contributed by atoms with van der Waals surface area (Å²) in [6.45, 7) is 0. The van der Waals surface area contributed by atoms with Gasteiger partial charge in [0.25, 0.3) is 0 Å². The highest BCUT2D eigenvalue weighted by atomic mass is 32.2. The van der Waals surface area contributed by atoms with Crippen LogP contribution in [0.1, 0.15) is 0 Å². The maximum atomic E-state index is 10.4. The summed E-state index contributed by atoms with van der Waals surface area (Å²) in [4.78, 5) is 11.1. The third-order valence-corrected chi connectivity index (χ3v) is 2.34. The smallest absolute Gasteiger partial charge is 0.227 e. The first kappa shape index (κ1) is 9.73. The van der Waals surface area contributed by atoms with Crippen LogP contribution < -0.4 is 5.73 Å². The highest BCUT2D eigenvalue weighted by Crippen LogP contribution is 2.29. The van der Waals surface area contributed by atoms with Crippen LogP contribution in [0.2, 0.25) is 0 Å². The number of benzene rings is 1. The van der Waals surface area contributed by atoms with E-state index in [2.05, 4.69) is 0 Å². The molecule has 0 saturated carbocycles. The third kappa shape index (κ3) is 2.87. The third-order valence-electron chi connectivity index (χ3n) is 1.33. The number of rotatable bonds is 3. The second-order valence-electron chi connectivity index (χ2n) is 2.41. The normalized spacial score (nSPS) is 9.85. The van der Waals surface area contributed by atoms with Crippen molar-refractivity contribution in [3.8, 4) is 11.5 Å². The lowest BCUT2D eigenvalue weighted by Crippen LogP contribution is -2.12. The van der Waals surface area contributed by atoms with Crippen LogP contribution in [-0.4, -0.2) is 21.9 Å². The van der Waals surface area contributed by atoms with Gasteiger partial charge in [0.15, 0.2) is 11.5 Å². The molecule has 0 saturated heterocycles. The van der Waals surface area contributed by atoms with E-state index in [1.165, 1.54) is 23.9 Å². The van der Waals surface area contributed by atoms with Gasteiger partial charge in [-0.05, 0) is 18.2 Å². The molecular weight excluding hydrogens is 190 g/mol. The Labute approximate surface area is 79.4 Å². The van der Waals surface area contributed by atoms with Crippen LogP contribution >= 0.6 is 11.8 Å². The molecule has 0 unspecified atom stereocenters. The number of carbonyl (C=O) groups is 1. The highest BCUT2D eigenvalue weighted by molar-refractivity contribution is 8.00. The van der Waals surface area contributed by atoms with Crippen molar-refractivity contribution < 1.29 is 15.0 Å². The van der Waals surface area contributed by atoms with Crippen LogP contribution in [-0.2, 0) is 4.79 Å². The van der Waals surface area contributed by atoms with Crippen LogP contribution in [0.15, 0.2) is 23.1 Å². The van der Waals surface area contributed by atoms with Crippen molar-refractivity contribution in [3.05, 3.63) is 18.2 Å². The summed E-state index contributed by atoms with van der Waals surface area (Å²) in [5.74, 6) is -0.639. The van der Waals surface area contributed by atoms with E-state index in [4.69, 9.17) is 15.9 Å². The molecule has 4 nitrogen and oxygen atoms in total. The Hall–Kier alpha value is -1.36. The fourth-order valence-electron chi connectivity index (χ4n) is 0.747. The van der Waals surface area contributed by atoms with Gasteiger partial charge in [-0.2, -0.15) is 0 Å². The molecule has 0 atom stereocenters. The Morgan fingerprint density at radius 1 is 1.38 bits per heavy atom. The van der Waals surface area contributed by atoms with E-state index in [-0.39, 0.29) is 17.3 Å². The summed E-state index contributed by atoms with van der Waals surface area (Å²) in [5.41, 5.74) is 4.94. The monoisotopic (exact) mass is 199 g/mol. The summed E-state index contributed by atoms with van der Waals surface area (Å²) in [7, 11) is 0. The van der Waals surface area contributed by atoms with Crippen LogP contribution in [0.25, 0.3) is 0 Å². The quantitative estimate of drug-likeness (QED) is 0.493. The van der Waals surface area contributed by atoms with E-state index >= 15 is 0 Å². The number of primary amides is 1. The van der Waals surface area contributed by atoms with Crippen LogP contribution in [0, 0.1) is 0 Å². The van der Waals surface area contributed by atoms with E-state index in [1.54, 1.807) is 6.07 Å². The Morgan fingerprint density at radius 3 is 2.62 bits per heavy atom. The molecule has 1 aromatic rings. The average molecular weight is 199 g/mol. The molecule has 0 heterocycles. The number of phenolic OH excluding ortho intramolecular Hbond substituents is 2.